The predicted octanol–water partition coefficient (Wildman–Crippen LogP) is 3.37. The van der Waals surface area contributed by atoms with Crippen LogP contribution in [-0.2, 0) is 17.6 Å². The molecular formula is C27H29FN3O3+. The summed E-state index contributed by atoms with van der Waals surface area (Å²) in [7, 11) is 0. The van der Waals surface area contributed by atoms with Crippen molar-refractivity contribution in [3.8, 4) is 5.69 Å². The number of carbonyl (C=O) groups is 1. The van der Waals surface area contributed by atoms with Gasteiger partial charge in [0.2, 0.25) is 0 Å². The number of rotatable bonds is 6. The average molecular weight is 463 g/mol. The Hall–Kier alpha value is -3.29. The number of carbonyl (C=O) groups excluding carboxylic acids is 1. The number of aliphatic hydroxyl groups is 1. The van der Waals surface area contributed by atoms with Crippen LogP contribution in [0.4, 0.5) is 4.39 Å². The molecule has 3 unspecified atom stereocenters. The summed E-state index contributed by atoms with van der Waals surface area (Å²) in [6, 6.07) is 13.7. The first kappa shape index (κ1) is 22.5. The highest BCUT2D eigenvalue weighted by molar-refractivity contribution is 5.80. The van der Waals surface area contributed by atoms with Crippen LogP contribution in [0.15, 0.2) is 60.3 Å². The first-order valence-electron chi connectivity index (χ1n) is 11.6. The summed E-state index contributed by atoms with van der Waals surface area (Å²) in [6.07, 6.45) is 6.18. The van der Waals surface area contributed by atoms with Gasteiger partial charge in [-0.3, -0.25) is 4.79 Å². The molecule has 2 aromatic carbocycles. The van der Waals surface area contributed by atoms with Crippen LogP contribution in [0.3, 0.4) is 0 Å². The fourth-order valence-corrected chi connectivity index (χ4v) is 5.58. The van der Waals surface area contributed by atoms with Crippen LogP contribution in [0.2, 0.25) is 0 Å². The van der Waals surface area contributed by atoms with Crippen molar-refractivity contribution in [3.63, 3.8) is 0 Å². The van der Waals surface area contributed by atoms with Crippen LogP contribution in [-0.4, -0.2) is 31.5 Å². The highest BCUT2D eigenvalue weighted by atomic mass is 19.1. The molecule has 0 saturated heterocycles. The molecule has 5 rings (SSSR count). The molecule has 5 N–H and O–H groups in total. The Morgan fingerprint density at radius 3 is 2.74 bits per heavy atom. The minimum Gasteiger partial charge on any atom is -0.433 e. The third-order valence-corrected chi connectivity index (χ3v) is 7.79. The Labute approximate surface area is 197 Å². The maximum absolute atomic E-state index is 13.4. The van der Waals surface area contributed by atoms with Crippen molar-refractivity contribution >= 4 is 12.0 Å². The molecule has 1 heterocycles. The van der Waals surface area contributed by atoms with Gasteiger partial charge >= 0.3 is 5.91 Å². The number of primary amides is 1. The van der Waals surface area contributed by atoms with Gasteiger partial charge in [-0.15, -0.1) is 0 Å². The summed E-state index contributed by atoms with van der Waals surface area (Å²) < 4.78 is 15.2. The van der Waals surface area contributed by atoms with E-state index in [1.54, 1.807) is 29.1 Å². The van der Waals surface area contributed by atoms with Gasteiger partial charge < -0.3 is 15.9 Å². The van der Waals surface area contributed by atoms with E-state index in [0.717, 1.165) is 40.9 Å². The molecule has 2 aliphatic carbocycles. The molecule has 0 radical (unpaired) electrons. The van der Waals surface area contributed by atoms with E-state index in [9.17, 15) is 14.3 Å². The van der Waals surface area contributed by atoms with Gasteiger partial charge in [0.25, 0.3) is 6.10 Å². The second-order valence-corrected chi connectivity index (χ2v) is 9.74. The lowest BCUT2D eigenvalue weighted by molar-refractivity contribution is -0.126. The molecule has 0 aliphatic heterocycles. The van der Waals surface area contributed by atoms with Crippen molar-refractivity contribution in [1.29, 1.82) is 0 Å². The highest BCUT2D eigenvalue weighted by Crippen LogP contribution is 2.56. The highest BCUT2D eigenvalue weighted by Gasteiger charge is 2.55. The molecule has 7 heteroatoms. The SMILES string of the molecule is CC1(CCc2ccccc2C([OH2+])C(N)=O)CCC2=Cc3c(cnn3-c3ccc(F)cc3)CC21O. The van der Waals surface area contributed by atoms with Crippen LogP contribution in [0.25, 0.3) is 11.8 Å². The zero-order valence-electron chi connectivity index (χ0n) is 19.1. The Kier molecular flexibility index (Phi) is 5.41. The lowest BCUT2D eigenvalue weighted by Gasteiger charge is -2.42. The van der Waals surface area contributed by atoms with E-state index in [2.05, 4.69) is 12.0 Å². The van der Waals surface area contributed by atoms with Crippen molar-refractivity contribution in [2.24, 2.45) is 11.1 Å². The monoisotopic (exact) mass is 462 g/mol. The molecule has 3 atom stereocenters. The van der Waals surface area contributed by atoms with Crippen LogP contribution in [0.5, 0.6) is 0 Å². The molecule has 1 fully saturated rings. The van der Waals surface area contributed by atoms with Gasteiger partial charge in [-0.2, -0.15) is 5.10 Å². The second kappa shape index (κ2) is 8.18. The summed E-state index contributed by atoms with van der Waals surface area (Å²) in [5, 5.41) is 24.6. The number of hydrogen-bond acceptors (Lipinski definition) is 3. The lowest BCUT2D eigenvalue weighted by Crippen LogP contribution is -2.46. The predicted molar refractivity (Wildman–Crippen MR) is 128 cm³/mol. The first-order chi connectivity index (χ1) is 16.2. The number of halogens is 1. The Balaban J connectivity index is 1.42. The van der Waals surface area contributed by atoms with Crippen molar-refractivity contribution in [3.05, 3.63) is 88.5 Å². The van der Waals surface area contributed by atoms with Crippen LogP contribution in [0.1, 0.15) is 54.7 Å². The molecule has 1 amide bonds. The largest absolute Gasteiger partial charge is 0.433 e. The van der Waals surface area contributed by atoms with E-state index >= 15 is 0 Å². The van der Waals surface area contributed by atoms with Crippen molar-refractivity contribution in [2.75, 3.05) is 0 Å². The summed E-state index contributed by atoms with van der Waals surface area (Å²) >= 11 is 0. The van der Waals surface area contributed by atoms with Gasteiger partial charge in [0, 0.05) is 23.0 Å². The third-order valence-electron chi connectivity index (χ3n) is 7.79. The molecular weight excluding hydrogens is 433 g/mol. The van der Waals surface area contributed by atoms with Gasteiger partial charge in [-0.1, -0.05) is 31.2 Å². The minimum absolute atomic E-state index is 0.293. The molecule has 176 valence electrons. The normalized spacial score (nSPS) is 24.3. The molecule has 34 heavy (non-hydrogen) atoms. The summed E-state index contributed by atoms with van der Waals surface area (Å²) in [6.45, 7) is 2.12. The molecule has 0 spiro atoms. The van der Waals surface area contributed by atoms with Gasteiger partial charge in [0.05, 0.1) is 23.2 Å². The van der Waals surface area contributed by atoms with E-state index in [1.165, 1.54) is 12.1 Å². The zero-order chi connectivity index (χ0) is 24.1. The molecule has 6 nitrogen and oxygen atoms in total. The Bertz CT molecular complexity index is 1280. The number of aryl methyl sites for hydroxylation is 1. The molecule has 2 aliphatic rings. The topological polar surface area (TPSA) is 104 Å². The molecule has 0 bridgehead atoms. The number of nitrogens with zero attached hydrogens (tertiary/aromatic N) is 2. The Morgan fingerprint density at radius 1 is 1.26 bits per heavy atom. The molecule has 1 aromatic heterocycles. The Morgan fingerprint density at radius 2 is 2.00 bits per heavy atom. The van der Waals surface area contributed by atoms with Crippen LogP contribution in [0, 0.1) is 11.2 Å². The summed E-state index contributed by atoms with van der Waals surface area (Å²) in [5.41, 5.74) is 9.24. The zero-order valence-corrected chi connectivity index (χ0v) is 19.1. The summed E-state index contributed by atoms with van der Waals surface area (Å²) in [5.74, 6) is -0.959. The van der Waals surface area contributed by atoms with Crippen LogP contribution >= 0.6 is 0 Å². The first-order valence-corrected chi connectivity index (χ1v) is 11.6. The number of aromatic nitrogens is 2. The van der Waals surface area contributed by atoms with Crippen molar-refractivity contribution in [1.82, 2.24) is 9.78 Å². The van der Waals surface area contributed by atoms with Crippen molar-refractivity contribution < 1.29 is 19.4 Å². The quantitative estimate of drug-likeness (QED) is 0.549. The fraction of sp³-hybridized carbons (Fsp3) is 0.333. The number of hydrogen-bond donors (Lipinski definition) is 2. The molecule has 1 saturated carbocycles. The number of nitrogens with two attached hydrogens (primary N) is 1. The maximum atomic E-state index is 13.4. The second-order valence-electron chi connectivity index (χ2n) is 9.74. The third kappa shape index (κ3) is 3.56. The van der Waals surface area contributed by atoms with E-state index in [0.29, 0.717) is 24.8 Å². The maximum Gasteiger partial charge on any atom is 0.302 e. The smallest absolute Gasteiger partial charge is 0.302 e. The molecule has 3 aromatic rings. The number of benzene rings is 2. The summed E-state index contributed by atoms with van der Waals surface area (Å²) in [4.78, 5) is 11.6. The van der Waals surface area contributed by atoms with E-state index in [4.69, 9.17) is 10.8 Å². The van der Waals surface area contributed by atoms with Gasteiger partial charge in [0.15, 0.2) is 0 Å². The van der Waals surface area contributed by atoms with Gasteiger partial charge in [0.1, 0.15) is 5.82 Å². The number of fused-ring (bicyclic) bond motifs is 2. The van der Waals surface area contributed by atoms with E-state index in [1.807, 2.05) is 24.3 Å². The van der Waals surface area contributed by atoms with Gasteiger partial charge in [-0.25, -0.2) is 9.07 Å². The van der Waals surface area contributed by atoms with Crippen molar-refractivity contribution in [2.45, 2.75) is 50.7 Å². The standard InChI is InChI=1S/C27H28FN3O3/c1-26(12-10-17-4-2-3-5-22(17)24(32)25(29)33)13-11-19-14-23-18(15-27(19,26)34)16-30-31(23)21-8-6-20(28)7-9-21/h2-9,14,16,24,32,34H,10-13,15H2,1H3,(H2,29,33)/p+1. The van der Waals surface area contributed by atoms with Gasteiger partial charge in [-0.05, 0) is 67.2 Å². The average Bonchev–Trinajstić information content (AvgIpc) is 3.34. The fourth-order valence-electron chi connectivity index (χ4n) is 5.58. The minimum atomic E-state index is -1.10. The van der Waals surface area contributed by atoms with E-state index < -0.39 is 17.6 Å². The number of amides is 1. The lowest BCUT2D eigenvalue weighted by atomic mass is 9.67. The van der Waals surface area contributed by atoms with Crippen LogP contribution < -0.4 is 5.73 Å². The van der Waals surface area contributed by atoms with E-state index in [-0.39, 0.29) is 11.2 Å².